The van der Waals surface area contributed by atoms with E-state index in [2.05, 4.69) is 146 Å². The van der Waals surface area contributed by atoms with Crippen LogP contribution in [0.25, 0.3) is 11.1 Å². The summed E-state index contributed by atoms with van der Waals surface area (Å²) in [5, 5.41) is 5.62. The normalized spacial score (nSPS) is 11.3. The summed E-state index contributed by atoms with van der Waals surface area (Å²) in [6.07, 6.45) is 0. The van der Waals surface area contributed by atoms with Gasteiger partial charge in [-0.2, -0.15) is 0 Å². The summed E-state index contributed by atoms with van der Waals surface area (Å²) in [7, 11) is -2.54. The second kappa shape index (κ2) is 8.82. The fourth-order valence-electron chi connectivity index (χ4n) is 4.83. The summed E-state index contributed by atoms with van der Waals surface area (Å²) in [4.78, 5) is 0. The summed E-state index contributed by atoms with van der Waals surface area (Å²) in [5.74, 6) is 0. The van der Waals surface area contributed by atoms with Crippen molar-refractivity contribution in [3.05, 3.63) is 145 Å². The Labute approximate surface area is 191 Å². The third-order valence-corrected chi connectivity index (χ3v) is 11.2. The van der Waals surface area contributed by atoms with Gasteiger partial charge in [0.15, 0.2) is 8.07 Å². The minimum Gasteiger partial charge on any atom is -0.0623 e. The van der Waals surface area contributed by atoms with Crippen LogP contribution in [0.2, 0.25) is 0 Å². The lowest BCUT2D eigenvalue weighted by Gasteiger charge is -2.36. The zero-order chi connectivity index (χ0) is 21.8. The van der Waals surface area contributed by atoms with Crippen LogP contribution < -0.4 is 20.7 Å². The van der Waals surface area contributed by atoms with Gasteiger partial charge in [0.25, 0.3) is 0 Å². The van der Waals surface area contributed by atoms with E-state index < -0.39 is 8.07 Å². The van der Waals surface area contributed by atoms with E-state index in [9.17, 15) is 0 Å². The van der Waals surface area contributed by atoms with Crippen molar-refractivity contribution in [1.82, 2.24) is 0 Å². The Morgan fingerprint density at radius 1 is 0.406 bits per heavy atom. The molecule has 0 nitrogen and oxygen atoms in total. The summed E-state index contributed by atoms with van der Waals surface area (Å²) < 4.78 is 0. The number of hydrogen-bond acceptors (Lipinski definition) is 0. The first kappa shape index (κ1) is 20.2. The first-order valence-corrected chi connectivity index (χ1v) is 13.1. The van der Waals surface area contributed by atoms with Crippen molar-refractivity contribution >= 4 is 28.8 Å². The minimum absolute atomic E-state index is 1.27. The van der Waals surface area contributed by atoms with Crippen molar-refractivity contribution in [2.45, 2.75) is 6.92 Å². The second-order valence-electron chi connectivity index (χ2n) is 8.26. The smallest absolute Gasteiger partial charge is 0.0623 e. The highest BCUT2D eigenvalue weighted by Gasteiger charge is 2.42. The number of benzene rings is 5. The summed E-state index contributed by atoms with van der Waals surface area (Å²) in [5.41, 5.74) is 3.87. The van der Waals surface area contributed by atoms with Gasteiger partial charge in [0, 0.05) is 0 Å². The first-order chi connectivity index (χ1) is 15.8. The second-order valence-corrected chi connectivity index (χ2v) is 12.0. The molecule has 5 rings (SSSR count). The molecule has 1 heteroatoms. The van der Waals surface area contributed by atoms with Crippen molar-refractivity contribution in [2.75, 3.05) is 0 Å². The number of aryl methyl sites for hydroxylation is 1. The molecule has 5 aromatic carbocycles. The van der Waals surface area contributed by atoms with Gasteiger partial charge in [-0.05, 0) is 38.8 Å². The molecule has 0 fully saturated rings. The van der Waals surface area contributed by atoms with Crippen LogP contribution in [0.3, 0.4) is 0 Å². The Kier molecular flexibility index (Phi) is 5.58. The third kappa shape index (κ3) is 3.51. The van der Waals surface area contributed by atoms with Crippen LogP contribution in [-0.4, -0.2) is 8.07 Å². The monoisotopic (exact) mass is 426 g/mol. The van der Waals surface area contributed by atoms with Crippen LogP contribution in [-0.2, 0) is 0 Å². The van der Waals surface area contributed by atoms with E-state index in [1.54, 1.807) is 0 Å². The van der Waals surface area contributed by atoms with Crippen LogP contribution in [0.15, 0.2) is 140 Å². The van der Waals surface area contributed by atoms with Crippen molar-refractivity contribution in [3.8, 4) is 11.1 Å². The Morgan fingerprint density at radius 2 is 0.812 bits per heavy atom. The standard InChI is InChI=1S/C31H26Si/c1-25-21-23-26(24-22-25)30-19-11-12-20-31(30)32(27-13-5-2-6-14-27,28-15-7-3-8-16-28)29-17-9-4-10-18-29/h2-24H,1H3. The van der Waals surface area contributed by atoms with E-state index in [4.69, 9.17) is 0 Å². The molecule has 0 bridgehead atoms. The molecule has 0 aliphatic rings. The SMILES string of the molecule is Cc1ccc(-c2ccccc2[Si](c2ccccc2)(c2ccccc2)c2ccccc2)cc1. The van der Waals surface area contributed by atoms with Crippen LogP contribution in [0, 0.1) is 6.92 Å². The average Bonchev–Trinajstić information content (AvgIpc) is 2.87. The quantitative estimate of drug-likeness (QED) is 0.273. The Balaban J connectivity index is 1.92. The largest absolute Gasteiger partial charge is 0.180 e. The van der Waals surface area contributed by atoms with Gasteiger partial charge in [0.1, 0.15) is 0 Å². The lowest BCUT2D eigenvalue weighted by atomic mass is 10.0. The fourth-order valence-corrected chi connectivity index (χ4v) is 9.81. The molecule has 0 atom stereocenters. The number of rotatable bonds is 5. The summed E-state index contributed by atoms with van der Waals surface area (Å²) >= 11 is 0. The topological polar surface area (TPSA) is 0 Å². The van der Waals surface area contributed by atoms with Crippen LogP contribution in [0.1, 0.15) is 5.56 Å². The highest BCUT2D eigenvalue weighted by Crippen LogP contribution is 2.22. The zero-order valence-corrected chi connectivity index (χ0v) is 19.3. The number of hydrogen-bond donors (Lipinski definition) is 0. The molecular weight excluding hydrogens is 400 g/mol. The molecule has 0 saturated carbocycles. The van der Waals surface area contributed by atoms with Gasteiger partial charge >= 0.3 is 0 Å². The maximum absolute atomic E-state index is 2.54. The first-order valence-electron chi connectivity index (χ1n) is 11.1. The maximum atomic E-state index is 2.36. The van der Waals surface area contributed by atoms with Crippen molar-refractivity contribution in [2.24, 2.45) is 0 Å². The molecule has 0 radical (unpaired) electrons. The van der Waals surface area contributed by atoms with Gasteiger partial charge in [-0.1, -0.05) is 145 Å². The molecule has 0 spiro atoms. The van der Waals surface area contributed by atoms with Gasteiger partial charge < -0.3 is 0 Å². The lowest BCUT2D eigenvalue weighted by Crippen LogP contribution is -2.75. The molecule has 0 heterocycles. The Hall–Kier alpha value is -3.68. The predicted molar refractivity (Wildman–Crippen MR) is 140 cm³/mol. The van der Waals surface area contributed by atoms with Crippen molar-refractivity contribution < 1.29 is 0 Å². The highest BCUT2D eigenvalue weighted by molar-refractivity contribution is 7.20. The molecule has 0 aromatic heterocycles. The molecule has 154 valence electrons. The van der Waals surface area contributed by atoms with Gasteiger partial charge in [0.2, 0.25) is 0 Å². The molecule has 5 aromatic rings. The molecule has 0 unspecified atom stereocenters. The van der Waals surface area contributed by atoms with Gasteiger partial charge in [-0.25, -0.2) is 0 Å². The molecule has 0 saturated heterocycles. The van der Waals surface area contributed by atoms with E-state index >= 15 is 0 Å². The molecular formula is C31H26Si. The van der Waals surface area contributed by atoms with E-state index in [-0.39, 0.29) is 0 Å². The molecule has 0 N–H and O–H groups in total. The highest BCUT2D eigenvalue weighted by atomic mass is 28.3. The summed E-state index contributed by atoms with van der Waals surface area (Å²) in [6, 6.07) is 51.3. The molecule has 0 aliphatic carbocycles. The predicted octanol–water partition coefficient (Wildman–Crippen LogP) is 5.04. The summed E-state index contributed by atoms with van der Waals surface area (Å²) in [6.45, 7) is 2.15. The van der Waals surface area contributed by atoms with Crippen molar-refractivity contribution in [1.29, 1.82) is 0 Å². The average molecular weight is 427 g/mol. The molecule has 0 aliphatic heterocycles. The fraction of sp³-hybridized carbons (Fsp3) is 0.0323. The van der Waals surface area contributed by atoms with Crippen LogP contribution in [0.4, 0.5) is 0 Å². The van der Waals surface area contributed by atoms with E-state index in [0.29, 0.717) is 0 Å². The lowest BCUT2D eigenvalue weighted by molar-refractivity contribution is 1.47. The van der Waals surface area contributed by atoms with Gasteiger partial charge in [-0.15, -0.1) is 0 Å². The molecule has 0 amide bonds. The van der Waals surface area contributed by atoms with Gasteiger partial charge in [-0.3, -0.25) is 0 Å². The maximum Gasteiger partial charge on any atom is 0.180 e. The van der Waals surface area contributed by atoms with E-state index in [1.807, 2.05) is 0 Å². The van der Waals surface area contributed by atoms with E-state index in [0.717, 1.165) is 0 Å². The van der Waals surface area contributed by atoms with Crippen LogP contribution in [0.5, 0.6) is 0 Å². The zero-order valence-electron chi connectivity index (χ0n) is 18.3. The Bertz CT molecular complexity index is 1190. The van der Waals surface area contributed by atoms with Crippen LogP contribution >= 0.6 is 0 Å². The van der Waals surface area contributed by atoms with E-state index in [1.165, 1.54) is 37.4 Å². The van der Waals surface area contributed by atoms with Crippen molar-refractivity contribution in [3.63, 3.8) is 0 Å². The minimum atomic E-state index is -2.54. The van der Waals surface area contributed by atoms with Gasteiger partial charge in [0.05, 0.1) is 0 Å². The Morgan fingerprint density at radius 3 is 1.28 bits per heavy atom. The third-order valence-electron chi connectivity index (χ3n) is 6.31. The molecule has 32 heavy (non-hydrogen) atoms.